The van der Waals surface area contributed by atoms with Gasteiger partial charge in [0.05, 0.1) is 29.9 Å². The van der Waals surface area contributed by atoms with Gasteiger partial charge in [0.25, 0.3) is 11.7 Å². The Balaban J connectivity index is 1.90. The number of rotatable bonds is 7. The predicted molar refractivity (Wildman–Crippen MR) is 152 cm³/mol. The fourth-order valence-electron chi connectivity index (χ4n) is 4.72. The molecule has 8 heteroatoms. The number of esters is 1. The van der Waals surface area contributed by atoms with Gasteiger partial charge in [-0.3, -0.25) is 19.5 Å². The SMILES string of the molecule is CCOc1ccc(/C(O)=C2/C(=O)C(=O)N(c3cccc(C(=O)OC(C)C)c3)C2c2cccnc2)cc1C(C)(C)C. The van der Waals surface area contributed by atoms with Crippen LogP contribution >= 0.6 is 0 Å². The molecular weight excluding hydrogens is 508 g/mol. The topological polar surface area (TPSA) is 106 Å². The van der Waals surface area contributed by atoms with Crippen LogP contribution in [0.5, 0.6) is 5.75 Å². The van der Waals surface area contributed by atoms with Gasteiger partial charge in [-0.2, -0.15) is 0 Å². The van der Waals surface area contributed by atoms with E-state index >= 15 is 0 Å². The summed E-state index contributed by atoms with van der Waals surface area (Å²) in [5, 5.41) is 11.6. The zero-order valence-electron chi connectivity index (χ0n) is 23.6. The monoisotopic (exact) mass is 542 g/mol. The molecule has 1 aromatic heterocycles. The fraction of sp³-hybridized carbons (Fsp3) is 0.312. The van der Waals surface area contributed by atoms with Crippen LogP contribution in [0.1, 0.15) is 74.6 Å². The largest absolute Gasteiger partial charge is 0.507 e. The lowest BCUT2D eigenvalue weighted by Gasteiger charge is -2.26. The second kappa shape index (κ2) is 11.3. The van der Waals surface area contributed by atoms with Gasteiger partial charge in [0.15, 0.2) is 0 Å². The molecule has 208 valence electrons. The first-order chi connectivity index (χ1) is 18.9. The number of amides is 1. The zero-order valence-corrected chi connectivity index (χ0v) is 23.6. The lowest BCUT2D eigenvalue weighted by atomic mass is 9.84. The number of anilines is 1. The molecule has 40 heavy (non-hydrogen) atoms. The summed E-state index contributed by atoms with van der Waals surface area (Å²) >= 11 is 0. The first-order valence-corrected chi connectivity index (χ1v) is 13.2. The van der Waals surface area contributed by atoms with Gasteiger partial charge in [-0.05, 0) is 74.2 Å². The number of aliphatic hydroxyl groups excluding tert-OH is 1. The van der Waals surface area contributed by atoms with Crippen molar-refractivity contribution in [2.45, 2.75) is 59.1 Å². The van der Waals surface area contributed by atoms with Crippen LogP contribution < -0.4 is 9.64 Å². The van der Waals surface area contributed by atoms with Gasteiger partial charge in [-0.1, -0.05) is 32.9 Å². The van der Waals surface area contributed by atoms with Crippen LogP contribution in [0.2, 0.25) is 0 Å². The Morgan fingerprint density at radius 1 is 1.05 bits per heavy atom. The number of ether oxygens (including phenoxy) is 2. The molecule has 3 aromatic rings. The minimum absolute atomic E-state index is 0.0721. The predicted octanol–water partition coefficient (Wildman–Crippen LogP) is 5.97. The summed E-state index contributed by atoms with van der Waals surface area (Å²) in [6, 6.07) is 14.0. The van der Waals surface area contributed by atoms with E-state index in [1.165, 1.54) is 11.0 Å². The highest BCUT2D eigenvalue weighted by Crippen LogP contribution is 2.43. The average Bonchev–Trinajstić information content (AvgIpc) is 3.18. The Labute approximate surface area is 234 Å². The van der Waals surface area contributed by atoms with Gasteiger partial charge in [-0.15, -0.1) is 0 Å². The van der Waals surface area contributed by atoms with Gasteiger partial charge < -0.3 is 14.6 Å². The molecule has 0 aliphatic carbocycles. The summed E-state index contributed by atoms with van der Waals surface area (Å²) in [6.45, 7) is 11.9. The van der Waals surface area contributed by atoms with E-state index in [1.54, 1.807) is 74.8 Å². The molecule has 1 unspecified atom stereocenters. The average molecular weight is 543 g/mol. The molecule has 2 aromatic carbocycles. The van der Waals surface area contributed by atoms with E-state index < -0.39 is 23.7 Å². The van der Waals surface area contributed by atoms with Crippen LogP contribution in [-0.4, -0.2) is 40.5 Å². The highest BCUT2D eigenvalue weighted by atomic mass is 16.5. The molecule has 1 atom stereocenters. The number of nitrogens with zero attached hydrogens (tertiary/aromatic N) is 2. The van der Waals surface area contributed by atoms with Gasteiger partial charge in [0.2, 0.25) is 0 Å². The van der Waals surface area contributed by atoms with Crippen LogP contribution in [0, 0.1) is 0 Å². The van der Waals surface area contributed by atoms with Crippen LogP contribution in [0.15, 0.2) is 72.6 Å². The number of carbonyl (C=O) groups excluding carboxylic acids is 3. The summed E-state index contributed by atoms with van der Waals surface area (Å²) in [4.78, 5) is 45.2. The third kappa shape index (κ3) is 5.61. The van der Waals surface area contributed by atoms with Crippen molar-refractivity contribution in [2.24, 2.45) is 0 Å². The molecule has 1 fully saturated rings. The van der Waals surface area contributed by atoms with E-state index in [0.717, 1.165) is 5.56 Å². The van der Waals surface area contributed by atoms with E-state index in [4.69, 9.17) is 9.47 Å². The molecule has 1 N–H and O–H groups in total. The van der Waals surface area contributed by atoms with Crippen molar-refractivity contribution in [2.75, 3.05) is 11.5 Å². The molecule has 1 aliphatic rings. The van der Waals surface area contributed by atoms with Gasteiger partial charge >= 0.3 is 5.97 Å². The third-order valence-corrected chi connectivity index (χ3v) is 6.51. The maximum atomic E-state index is 13.6. The van der Waals surface area contributed by atoms with Crippen LogP contribution in [0.4, 0.5) is 5.69 Å². The number of aliphatic hydroxyl groups is 1. The smallest absolute Gasteiger partial charge is 0.338 e. The first-order valence-electron chi connectivity index (χ1n) is 13.2. The second-order valence-electron chi connectivity index (χ2n) is 10.9. The zero-order chi connectivity index (χ0) is 29.2. The maximum absolute atomic E-state index is 13.6. The Morgan fingerprint density at radius 2 is 1.80 bits per heavy atom. The molecule has 0 bridgehead atoms. The molecule has 8 nitrogen and oxygen atoms in total. The van der Waals surface area contributed by atoms with Crippen molar-refractivity contribution >= 4 is 29.1 Å². The minimum atomic E-state index is -0.977. The molecule has 2 heterocycles. The summed E-state index contributed by atoms with van der Waals surface area (Å²) in [6.07, 6.45) is 2.81. The lowest BCUT2D eigenvalue weighted by Crippen LogP contribution is -2.29. The third-order valence-electron chi connectivity index (χ3n) is 6.51. The van der Waals surface area contributed by atoms with Crippen molar-refractivity contribution < 1.29 is 29.0 Å². The quantitative estimate of drug-likeness (QED) is 0.170. The molecule has 4 rings (SSSR count). The number of hydrogen-bond donors (Lipinski definition) is 1. The van der Waals surface area contributed by atoms with E-state index in [2.05, 4.69) is 4.98 Å². The van der Waals surface area contributed by atoms with Crippen molar-refractivity contribution in [3.8, 4) is 5.75 Å². The molecular formula is C32H34N2O6. The number of pyridine rings is 1. The summed E-state index contributed by atoms with van der Waals surface area (Å²) in [7, 11) is 0. The van der Waals surface area contributed by atoms with Gasteiger partial charge in [-0.25, -0.2) is 4.79 Å². The number of aromatic nitrogens is 1. The molecule has 1 aliphatic heterocycles. The Kier molecular flexibility index (Phi) is 8.09. The Hall–Kier alpha value is -4.46. The van der Waals surface area contributed by atoms with Crippen LogP contribution in [-0.2, 0) is 19.7 Å². The van der Waals surface area contributed by atoms with Crippen LogP contribution in [0.25, 0.3) is 5.76 Å². The number of carbonyl (C=O) groups is 3. The van der Waals surface area contributed by atoms with Crippen molar-refractivity contribution in [1.82, 2.24) is 4.98 Å². The molecule has 1 saturated heterocycles. The van der Waals surface area contributed by atoms with E-state index in [1.807, 2.05) is 27.7 Å². The summed E-state index contributed by atoms with van der Waals surface area (Å²) in [5.41, 5.74) is 1.92. The highest BCUT2D eigenvalue weighted by Gasteiger charge is 2.47. The normalized spacial score (nSPS) is 16.9. The highest BCUT2D eigenvalue weighted by molar-refractivity contribution is 6.51. The van der Waals surface area contributed by atoms with Crippen molar-refractivity contribution in [3.05, 3.63) is 94.8 Å². The van der Waals surface area contributed by atoms with E-state index in [-0.39, 0.29) is 28.4 Å². The number of ketones is 1. The second-order valence-corrected chi connectivity index (χ2v) is 10.9. The van der Waals surface area contributed by atoms with Gasteiger partial charge in [0, 0.05) is 29.2 Å². The maximum Gasteiger partial charge on any atom is 0.338 e. The number of hydrogen-bond acceptors (Lipinski definition) is 7. The molecule has 0 spiro atoms. The minimum Gasteiger partial charge on any atom is -0.507 e. The fourth-order valence-corrected chi connectivity index (χ4v) is 4.72. The molecule has 0 radical (unpaired) electrons. The number of Topliss-reactive ketones (excluding diaryl/α,β-unsaturated/α-hetero) is 1. The lowest BCUT2D eigenvalue weighted by molar-refractivity contribution is -0.132. The summed E-state index contributed by atoms with van der Waals surface area (Å²) in [5.74, 6) is -1.84. The standard InChI is InChI=1S/C32H34N2O6/c1-7-39-25-14-13-20(17-24(25)32(4,5)6)28(35)26-27(22-11-9-15-33-18-22)34(30(37)29(26)36)23-12-8-10-21(16-23)31(38)40-19(2)3/h8-19,27,35H,7H2,1-6H3/b28-26-. The van der Waals surface area contributed by atoms with E-state index in [9.17, 15) is 19.5 Å². The Morgan fingerprint density at radius 3 is 2.42 bits per heavy atom. The summed E-state index contributed by atoms with van der Waals surface area (Å²) < 4.78 is 11.1. The number of benzene rings is 2. The van der Waals surface area contributed by atoms with Crippen molar-refractivity contribution in [1.29, 1.82) is 0 Å². The Bertz CT molecular complexity index is 1470. The van der Waals surface area contributed by atoms with E-state index in [0.29, 0.717) is 29.2 Å². The van der Waals surface area contributed by atoms with Gasteiger partial charge in [0.1, 0.15) is 11.5 Å². The van der Waals surface area contributed by atoms with Crippen molar-refractivity contribution in [3.63, 3.8) is 0 Å². The van der Waals surface area contributed by atoms with Crippen LogP contribution in [0.3, 0.4) is 0 Å². The molecule has 1 amide bonds. The molecule has 0 saturated carbocycles. The first kappa shape index (κ1) is 28.5.